The molecule has 1 aromatic heterocycles. The van der Waals surface area contributed by atoms with Crippen LogP contribution in [0.15, 0.2) is 97.2 Å². The number of aryl methyl sites for hydroxylation is 1. The van der Waals surface area contributed by atoms with E-state index in [0.717, 1.165) is 21.9 Å². The molecule has 0 bridgehead atoms. The minimum atomic E-state index is -0.252. The quantitative estimate of drug-likeness (QED) is 0.152. The van der Waals surface area contributed by atoms with Gasteiger partial charge >= 0.3 is 5.95 Å². The zero-order valence-electron chi connectivity index (χ0n) is 19.6. The highest BCUT2D eigenvalue weighted by Gasteiger charge is 2.17. The maximum Gasteiger partial charge on any atom is 0.359 e. The van der Waals surface area contributed by atoms with Crippen LogP contribution in [0.25, 0.3) is 43.8 Å². The summed E-state index contributed by atoms with van der Waals surface area (Å²) in [6.45, 7) is 8.00. The Hall–Kier alpha value is -3.52. The Kier molecular flexibility index (Phi) is 7.72. The minimum Gasteiger partial charge on any atom is -0.176 e. The van der Waals surface area contributed by atoms with Gasteiger partial charge < -0.3 is 0 Å². The van der Waals surface area contributed by atoms with E-state index < -0.39 is 0 Å². The van der Waals surface area contributed by atoms with E-state index in [1.54, 1.807) is 19.3 Å². The monoisotopic (exact) mass is 424 g/mol. The summed E-state index contributed by atoms with van der Waals surface area (Å²) in [6, 6.07) is 30.9. The fraction of sp³-hybridized carbons (Fsp3) is 0.167. The Morgan fingerprint density at radius 3 is 1.38 bits per heavy atom. The van der Waals surface area contributed by atoms with Gasteiger partial charge in [0.2, 0.25) is 0 Å². The molecule has 0 fully saturated rings. The van der Waals surface area contributed by atoms with Crippen molar-refractivity contribution in [3.05, 3.63) is 103 Å². The number of aromatic nitrogens is 1. The molecule has 0 saturated carbocycles. The van der Waals surface area contributed by atoms with Crippen LogP contribution in [0.5, 0.6) is 0 Å². The number of rotatable bonds is 2. The molecule has 32 heavy (non-hydrogen) atoms. The van der Waals surface area contributed by atoms with Crippen molar-refractivity contribution in [3.8, 4) is 22.3 Å². The number of hydrogen-bond donors (Lipinski definition) is 0. The van der Waals surface area contributed by atoms with Crippen LogP contribution < -0.4 is 4.57 Å². The van der Waals surface area contributed by atoms with E-state index in [4.69, 9.17) is 0 Å². The predicted molar refractivity (Wildman–Crippen MR) is 136 cm³/mol. The van der Waals surface area contributed by atoms with Crippen LogP contribution in [0.2, 0.25) is 0 Å². The van der Waals surface area contributed by atoms with E-state index in [-0.39, 0.29) is 5.95 Å². The Labute approximate surface area is 190 Å². The third kappa shape index (κ3) is 4.27. The van der Waals surface area contributed by atoms with Crippen molar-refractivity contribution in [2.75, 3.05) is 0 Å². The molecule has 5 aromatic rings. The first-order chi connectivity index (χ1) is 15.7. The van der Waals surface area contributed by atoms with Crippen LogP contribution in [0, 0.1) is 5.95 Å². The average Bonchev–Trinajstić information content (AvgIpc) is 2.87. The molecule has 4 aromatic carbocycles. The summed E-state index contributed by atoms with van der Waals surface area (Å²) < 4.78 is 15.9. The summed E-state index contributed by atoms with van der Waals surface area (Å²) in [5.74, 6) is -0.252. The molecule has 0 unspecified atom stereocenters. The van der Waals surface area contributed by atoms with Crippen molar-refractivity contribution in [1.82, 2.24) is 0 Å². The van der Waals surface area contributed by atoms with Gasteiger partial charge in [0.05, 0.1) is 6.07 Å². The van der Waals surface area contributed by atoms with Crippen molar-refractivity contribution in [2.24, 2.45) is 7.05 Å². The lowest BCUT2D eigenvalue weighted by molar-refractivity contribution is -0.700. The van der Waals surface area contributed by atoms with Gasteiger partial charge in [-0.3, -0.25) is 0 Å². The third-order valence-corrected chi connectivity index (χ3v) is 5.37. The van der Waals surface area contributed by atoms with Gasteiger partial charge in [0.25, 0.3) is 0 Å². The van der Waals surface area contributed by atoms with Crippen LogP contribution in [0.3, 0.4) is 0 Å². The van der Waals surface area contributed by atoms with Crippen LogP contribution in [-0.4, -0.2) is 0 Å². The molecule has 0 aliphatic heterocycles. The first-order valence-electron chi connectivity index (χ1n) is 11.4. The molecule has 1 heterocycles. The molecule has 0 saturated heterocycles. The maximum absolute atomic E-state index is 14.4. The number of hydrogen-bond acceptors (Lipinski definition) is 0. The molecule has 1 nitrogen and oxygen atoms in total. The van der Waals surface area contributed by atoms with Crippen molar-refractivity contribution < 1.29 is 8.96 Å². The molecular weight excluding hydrogens is 393 g/mol. The molecule has 0 aliphatic rings. The minimum absolute atomic E-state index is 0.252. The fourth-order valence-electron chi connectivity index (χ4n) is 4.05. The molecule has 0 aliphatic carbocycles. The number of pyridine rings is 1. The summed E-state index contributed by atoms with van der Waals surface area (Å²) in [5, 5.41) is 4.62. The molecule has 0 radical (unpaired) electrons. The normalized spacial score (nSPS) is 10.2. The van der Waals surface area contributed by atoms with Gasteiger partial charge in [-0.1, -0.05) is 107 Å². The molecule has 0 spiro atoms. The SMILES string of the molecule is CC.CC.C[n+]1ccc(-c2c3ccccc3c(-c3ccccc3)c3ccccc23)cc1F. The highest BCUT2D eigenvalue weighted by atomic mass is 19.1. The van der Waals surface area contributed by atoms with Gasteiger partial charge in [-0.25, -0.2) is 0 Å². The fourth-order valence-corrected chi connectivity index (χ4v) is 4.05. The first-order valence-corrected chi connectivity index (χ1v) is 11.4. The zero-order valence-corrected chi connectivity index (χ0v) is 19.6. The van der Waals surface area contributed by atoms with Crippen molar-refractivity contribution in [3.63, 3.8) is 0 Å². The van der Waals surface area contributed by atoms with Gasteiger partial charge in [-0.2, -0.15) is 4.57 Å². The zero-order chi connectivity index (χ0) is 23.1. The Morgan fingerprint density at radius 1 is 0.531 bits per heavy atom. The Morgan fingerprint density at radius 2 is 0.938 bits per heavy atom. The van der Waals surface area contributed by atoms with Crippen molar-refractivity contribution in [2.45, 2.75) is 27.7 Å². The molecular formula is C30H31FN+. The summed E-state index contributed by atoms with van der Waals surface area (Å²) >= 11 is 0. The van der Waals surface area contributed by atoms with Gasteiger partial charge in [0, 0.05) is 6.07 Å². The number of nitrogens with zero attached hydrogens (tertiary/aromatic N) is 1. The lowest BCUT2D eigenvalue weighted by Crippen LogP contribution is -2.31. The topological polar surface area (TPSA) is 3.88 Å². The largest absolute Gasteiger partial charge is 0.359 e. The second kappa shape index (κ2) is 10.7. The van der Waals surface area contributed by atoms with Crippen molar-refractivity contribution >= 4 is 21.5 Å². The van der Waals surface area contributed by atoms with E-state index in [9.17, 15) is 4.39 Å². The lowest BCUT2D eigenvalue weighted by Gasteiger charge is -2.17. The lowest BCUT2D eigenvalue weighted by atomic mass is 9.86. The van der Waals surface area contributed by atoms with Gasteiger partial charge in [-0.05, 0) is 43.8 Å². The van der Waals surface area contributed by atoms with Crippen molar-refractivity contribution in [1.29, 1.82) is 0 Å². The highest BCUT2D eigenvalue weighted by molar-refractivity contribution is 6.21. The second-order valence-corrected chi connectivity index (χ2v) is 7.06. The standard InChI is InChI=1S/C26H19FN.2C2H6/c1-28-16-15-19(17-24(28)27)26-22-13-7-5-11-20(22)25(18-9-3-2-4-10-18)21-12-6-8-14-23(21)26;2*1-2/h2-17H,1H3;2*1-2H3/q+1;;. The van der Waals surface area contributed by atoms with Crippen LogP contribution in [0.1, 0.15) is 27.7 Å². The van der Waals surface area contributed by atoms with E-state index in [2.05, 4.69) is 72.8 Å². The summed E-state index contributed by atoms with van der Waals surface area (Å²) in [4.78, 5) is 0. The maximum atomic E-state index is 14.4. The molecule has 0 amide bonds. The van der Waals surface area contributed by atoms with E-state index in [0.29, 0.717) is 0 Å². The van der Waals surface area contributed by atoms with Crippen LogP contribution in [0.4, 0.5) is 4.39 Å². The first kappa shape index (κ1) is 23.1. The molecule has 0 N–H and O–H groups in total. The van der Waals surface area contributed by atoms with E-state index in [1.165, 1.54) is 26.5 Å². The molecule has 162 valence electrons. The van der Waals surface area contributed by atoms with Crippen LogP contribution in [-0.2, 0) is 7.05 Å². The molecule has 2 heteroatoms. The average molecular weight is 425 g/mol. The molecule has 0 atom stereocenters. The van der Waals surface area contributed by atoms with Gasteiger partial charge in [0.15, 0.2) is 6.20 Å². The number of fused-ring (bicyclic) bond motifs is 2. The van der Waals surface area contributed by atoms with E-state index >= 15 is 0 Å². The number of benzene rings is 4. The summed E-state index contributed by atoms with van der Waals surface area (Å²) in [6.07, 6.45) is 1.78. The smallest absolute Gasteiger partial charge is 0.176 e. The van der Waals surface area contributed by atoms with E-state index in [1.807, 2.05) is 39.8 Å². The Bertz CT molecular complexity index is 1270. The third-order valence-electron chi connectivity index (χ3n) is 5.37. The number of halogens is 1. The second-order valence-electron chi connectivity index (χ2n) is 7.06. The molecule has 5 rings (SSSR count). The highest BCUT2D eigenvalue weighted by Crippen LogP contribution is 2.43. The van der Waals surface area contributed by atoms with Crippen LogP contribution >= 0.6 is 0 Å². The summed E-state index contributed by atoms with van der Waals surface area (Å²) in [5.41, 5.74) is 4.37. The Balaban J connectivity index is 0.000000686. The van der Waals surface area contributed by atoms with Gasteiger partial charge in [-0.15, -0.1) is 4.39 Å². The van der Waals surface area contributed by atoms with Gasteiger partial charge in [0.1, 0.15) is 7.05 Å². The summed E-state index contributed by atoms with van der Waals surface area (Å²) in [7, 11) is 1.72. The predicted octanol–water partition coefficient (Wildman–Crippen LogP) is 8.34.